The van der Waals surface area contributed by atoms with Crippen molar-refractivity contribution < 1.29 is 19.1 Å². The lowest BCUT2D eigenvalue weighted by Crippen LogP contribution is -2.50. The Morgan fingerprint density at radius 3 is 2.65 bits per heavy atom. The molecule has 2 aliphatic heterocycles. The third-order valence-electron chi connectivity index (χ3n) is 4.83. The van der Waals surface area contributed by atoms with E-state index in [2.05, 4.69) is 4.90 Å². The van der Waals surface area contributed by atoms with Gasteiger partial charge in [-0.05, 0) is 24.3 Å². The summed E-state index contributed by atoms with van der Waals surface area (Å²) in [6, 6.07) is 7.07. The summed E-state index contributed by atoms with van der Waals surface area (Å²) in [6.07, 6.45) is 0.969. The van der Waals surface area contributed by atoms with Crippen molar-refractivity contribution in [3.63, 3.8) is 0 Å². The van der Waals surface area contributed by atoms with Gasteiger partial charge in [-0.1, -0.05) is 12.1 Å². The Labute approximate surface area is 158 Å². The third-order valence-corrected chi connectivity index (χ3v) is 6.03. The summed E-state index contributed by atoms with van der Waals surface area (Å²) >= 11 is 1.90. The molecule has 2 aliphatic rings. The molecule has 3 rings (SSSR count). The van der Waals surface area contributed by atoms with Crippen molar-refractivity contribution in [1.29, 1.82) is 0 Å². The number of methoxy groups -OCH3 is 1. The van der Waals surface area contributed by atoms with E-state index < -0.39 is 5.97 Å². The minimum absolute atomic E-state index is 0.0771. The Morgan fingerprint density at radius 1 is 1.19 bits per heavy atom. The lowest BCUT2D eigenvalue weighted by Gasteiger charge is -2.36. The Bertz CT molecular complexity index is 634. The number of thioether (sulfide) groups is 1. The molecule has 142 valence electrons. The summed E-state index contributed by atoms with van der Waals surface area (Å²) < 4.78 is 10.3. The molecule has 0 aliphatic carbocycles. The highest BCUT2D eigenvalue weighted by molar-refractivity contribution is 7.99. The van der Waals surface area contributed by atoms with Gasteiger partial charge in [-0.2, -0.15) is 11.8 Å². The normalized spacial score (nSPS) is 21.9. The van der Waals surface area contributed by atoms with Gasteiger partial charge in [-0.25, -0.2) is 4.79 Å². The molecule has 1 unspecified atom stereocenters. The Hall–Kier alpha value is -1.57. The van der Waals surface area contributed by atoms with E-state index in [9.17, 15) is 9.59 Å². The molecular formula is C19H26N2O4S. The number of ether oxygens (including phenoxy) is 2. The first-order chi connectivity index (χ1) is 12.7. The average molecular weight is 378 g/mol. The third kappa shape index (κ3) is 4.58. The van der Waals surface area contributed by atoms with Gasteiger partial charge in [0.1, 0.15) is 0 Å². The van der Waals surface area contributed by atoms with Gasteiger partial charge in [-0.3, -0.25) is 9.69 Å². The highest BCUT2D eigenvalue weighted by Gasteiger charge is 2.30. The van der Waals surface area contributed by atoms with Crippen LogP contribution in [0.4, 0.5) is 0 Å². The number of nitrogens with zero attached hydrogens (tertiary/aromatic N) is 2. The molecular weight excluding hydrogens is 352 g/mol. The van der Waals surface area contributed by atoms with Crippen LogP contribution in [0.1, 0.15) is 27.1 Å². The predicted molar refractivity (Wildman–Crippen MR) is 102 cm³/mol. The summed E-state index contributed by atoms with van der Waals surface area (Å²) in [6.45, 7) is 4.88. The van der Waals surface area contributed by atoms with Gasteiger partial charge >= 0.3 is 5.97 Å². The molecule has 26 heavy (non-hydrogen) atoms. The Balaban J connectivity index is 1.81. The first-order valence-electron chi connectivity index (χ1n) is 9.07. The van der Waals surface area contributed by atoms with E-state index in [0.29, 0.717) is 11.1 Å². The van der Waals surface area contributed by atoms with E-state index >= 15 is 0 Å². The molecule has 1 atom stereocenters. The predicted octanol–water partition coefficient (Wildman–Crippen LogP) is 1.75. The second-order valence-electron chi connectivity index (χ2n) is 6.53. The molecule has 1 aromatic rings. The smallest absolute Gasteiger partial charge is 0.338 e. The van der Waals surface area contributed by atoms with Crippen molar-refractivity contribution in [2.24, 2.45) is 0 Å². The molecule has 2 saturated heterocycles. The minimum Gasteiger partial charge on any atom is -0.465 e. The zero-order valence-electron chi connectivity index (χ0n) is 15.2. The highest BCUT2D eigenvalue weighted by Crippen LogP contribution is 2.22. The van der Waals surface area contributed by atoms with E-state index in [1.165, 1.54) is 7.11 Å². The van der Waals surface area contributed by atoms with Gasteiger partial charge in [0.05, 0.1) is 37.5 Å². The van der Waals surface area contributed by atoms with Crippen LogP contribution < -0.4 is 0 Å². The van der Waals surface area contributed by atoms with Crippen LogP contribution in [0.5, 0.6) is 0 Å². The maximum atomic E-state index is 13.3. The van der Waals surface area contributed by atoms with Crippen molar-refractivity contribution in [3.05, 3.63) is 35.4 Å². The Kier molecular flexibility index (Phi) is 6.93. The summed E-state index contributed by atoms with van der Waals surface area (Å²) in [5, 5.41) is 0. The number of hydrogen-bond donors (Lipinski definition) is 0. The van der Waals surface area contributed by atoms with Crippen LogP contribution in [-0.4, -0.2) is 85.7 Å². The van der Waals surface area contributed by atoms with Gasteiger partial charge in [0, 0.05) is 31.9 Å². The van der Waals surface area contributed by atoms with Crippen LogP contribution in [-0.2, 0) is 9.47 Å². The van der Waals surface area contributed by atoms with Gasteiger partial charge in [-0.15, -0.1) is 0 Å². The fourth-order valence-electron chi connectivity index (χ4n) is 3.44. The highest BCUT2D eigenvalue weighted by atomic mass is 32.2. The summed E-state index contributed by atoms with van der Waals surface area (Å²) in [4.78, 5) is 29.7. The Morgan fingerprint density at radius 2 is 1.92 bits per heavy atom. The summed E-state index contributed by atoms with van der Waals surface area (Å²) in [5.74, 6) is 1.43. The van der Waals surface area contributed by atoms with Crippen molar-refractivity contribution in [2.75, 3.05) is 58.0 Å². The number of amides is 1. The van der Waals surface area contributed by atoms with E-state index in [1.54, 1.807) is 24.3 Å². The van der Waals surface area contributed by atoms with Crippen molar-refractivity contribution >= 4 is 23.6 Å². The lowest BCUT2D eigenvalue weighted by atomic mass is 10.0. The quantitative estimate of drug-likeness (QED) is 0.744. The number of rotatable bonds is 4. The van der Waals surface area contributed by atoms with Gasteiger partial charge in [0.2, 0.25) is 0 Å². The molecule has 0 bridgehead atoms. The van der Waals surface area contributed by atoms with Gasteiger partial charge in [0.25, 0.3) is 5.91 Å². The number of benzene rings is 1. The molecule has 2 heterocycles. The maximum Gasteiger partial charge on any atom is 0.338 e. The molecule has 0 spiro atoms. The topological polar surface area (TPSA) is 59.1 Å². The first kappa shape index (κ1) is 19.2. The zero-order chi connectivity index (χ0) is 18.4. The van der Waals surface area contributed by atoms with E-state index in [0.717, 1.165) is 57.3 Å². The number of morpholine rings is 1. The zero-order valence-corrected chi connectivity index (χ0v) is 16.0. The van der Waals surface area contributed by atoms with E-state index in [4.69, 9.17) is 9.47 Å². The van der Waals surface area contributed by atoms with Crippen LogP contribution in [0, 0.1) is 0 Å². The second kappa shape index (κ2) is 9.39. The van der Waals surface area contributed by atoms with Crippen LogP contribution in [0.15, 0.2) is 24.3 Å². The number of carbonyl (C=O) groups is 2. The number of esters is 1. The van der Waals surface area contributed by atoms with Crippen LogP contribution in [0.25, 0.3) is 0 Å². The van der Waals surface area contributed by atoms with E-state index in [1.807, 2.05) is 16.7 Å². The largest absolute Gasteiger partial charge is 0.465 e. The molecule has 0 radical (unpaired) electrons. The molecule has 1 amide bonds. The molecule has 7 heteroatoms. The SMILES string of the molecule is COC(=O)c1ccccc1C(=O)N1CCCSCC1CN1CCOCC1. The van der Waals surface area contributed by atoms with Crippen LogP contribution in [0.3, 0.4) is 0 Å². The monoisotopic (exact) mass is 378 g/mol. The second-order valence-corrected chi connectivity index (χ2v) is 7.68. The van der Waals surface area contributed by atoms with Crippen molar-refractivity contribution in [3.8, 4) is 0 Å². The number of carbonyl (C=O) groups excluding carboxylic acids is 2. The standard InChI is InChI=1S/C19H26N2O4S/c1-24-19(23)17-6-3-2-5-16(17)18(22)21-7-4-12-26-14-15(21)13-20-8-10-25-11-9-20/h2-3,5-6,15H,4,7-14H2,1H3. The van der Waals surface area contributed by atoms with Crippen molar-refractivity contribution in [1.82, 2.24) is 9.80 Å². The summed E-state index contributed by atoms with van der Waals surface area (Å²) in [5.41, 5.74) is 0.764. The van der Waals surface area contributed by atoms with Crippen LogP contribution in [0.2, 0.25) is 0 Å². The average Bonchev–Trinajstić information content (AvgIpc) is 2.93. The fourth-order valence-corrected chi connectivity index (χ4v) is 4.50. The first-order valence-corrected chi connectivity index (χ1v) is 10.2. The fraction of sp³-hybridized carbons (Fsp3) is 0.579. The van der Waals surface area contributed by atoms with E-state index in [-0.39, 0.29) is 11.9 Å². The molecule has 0 saturated carbocycles. The van der Waals surface area contributed by atoms with Crippen molar-refractivity contribution in [2.45, 2.75) is 12.5 Å². The summed E-state index contributed by atoms with van der Waals surface area (Å²) in [7, 11) is 1.34. The molecule has 1 aromatic carbocycles. The van der Waals surface area contributed by atoms with Crippen LogP contribution >= 0.6 is 11.8 Å². The van der Waals surface area contributed by atoms with Gasteiger partial charge < -0.3 is 14.4 Å². The van der Waals surface area contributed by atoms with Gasteiger partial charge in [0.15, 0.2) is 0 Å². The lowest BCUT2D eigenvalue weighted by molar-refractivity contribution is 0.0244. The molecule has 0 aromatic heterocycles. The maximum absolute atomic E-state index is 13.3. The molecule has 2 fully saturated rings. The minimum atomic E-state index is -0.470. The number of hydrogen-bond acceptors (Lipinski definition) is 6. The molecule has 6 nitrogen and oxygen atoms in total. The molecule has 0 N–H and O–H groups in total.